The van der Waals surface area contributed by atoms with Gasteiger partial charge in [0.1, 0.15) is 0 Å². The predicted molar refractivity (Wildman–Crippen MR) is 85.2 cm³/mol. The van der Waals surface area contributed by atoms with Crippen molar-refractivity contribution in [3.63, 3.8) is 0 Å². The summed E-state index contributed by atoms with van der Waals surface area (Å²) in [6.45, 7) is 5.38. The van der Waals surface area contributed by atoms with Crippen molar-refractivity contribution in [1.82, 2.24) is 5.32 Å². The van der Waals surface area contributed by atoms with Crippen molar-refractivity contribution in [3.8, 4) is 0 Å². The molecule has 118 valence electrons. The minimum atomic E-state index is -3.13. The highest BCUT2D eigenvalue weighted by molar-refractivity contribution is 7.90. The van der Waals surface area contributed by atoms with E-state index < -0.39 is 9.84 Å². The summed E-state index contributed by atoms with van der Waals surface area (Å²) in [5.74, 6) is 0.579. The third kappa shape index (κ3) is 4.80. The second-order valence-electron chi connectivity index (χ2n) is 6.07. The van der Waals surface area contributed by atoms with Crippen LogP contribution in [0.1, 0.15) is 23.1 Å². The summed E-state index contributed by atoms with van der Waals surface area (Å²) in [7, 11) is -1.31. The molecule has 0 spiro atoms. The minimum absolute atomic E-state index is 0.0246. The van der Waals surface area contributed by atoms with Crippen LogP contribution in [-0.2, 0) is 20.3 Å². The molecular weight excluding hydrogens is 286 g/mol. The van der Waals surface area contributed by atoms with Gasteiger partial charge >= 0.3 is 0 Å². The molecule has 0 saturated carbocycles. The summed E-state index contributed by atoms with van der Waals surface area (Å²) in [6, 6.07) is 5.95. The maximum absolute atomic E-state index is 12.5. The third-order valence-corrected chi connectivity index (χ3v) is 5.65. The molecule has 5 heteroatoms. The van der Waals surface area contributed by atoms with Crippen LogP contribution in [-0.4, -0.2) is 40.5 Å². The largest absolute Gasteiger partial charge is 0.381 e. The van der Waals surface area contributed by atoms with E-state index in [4.69, 9.17) is 4.74 Å². The Morgan fingerprint density at radius 3 is 2.48 bits per heavy atom. The Labute approximate surface area is 127 Å². The number of sulfone groups is 1. The molecule has 1 aliphatic heterocycles. The smallest absolute Gasteiger partial charge is 0.155 e. The zero-order chi connectivity index (χ0) is 15.5. The first kappa shape index (κ1) is 16.5. The zero-order valence-corrected chi connectivity index (χ0v) is 13.9. The highest BCUT2D eigenvalue weighted by atomic mass is 32.2. The Morgan fingerprint density at radius 1 is 1.29 bits per heavy atom. The van der Waals surface area contributed by atoms with Crippen molar-refractivity contribution in [3.05, 3.63) is 34.9 Å². The van der Waals surface area contributed by atoms with E-state index in [1.807, 2.05) is 33.0 Å². The fraction of sp³-hybridized carbons (Fsp3) is 0.625. The fourth-order valence-electron chi connectivity index (χ4n) is 3.06. The SMILES string of the molecule is CNC(CS(=O)(=O)Cc1cc(C)cc(C)c1)C1CCOC1. The molecule has 0 radical (unpaired) electrons. The molecule has 0 aromatic heterocycles. The lowest BCUT2D eigenvalue weighted by atomic mass is 10.0. The Bertz CT molecular complexity index is 557. The molecule has 1 fully saturated rings. The Balaban J connectivity index is 2.06. The quantitative estimate of drug-likeness (QED) is 0.871. The van der Waals surface area contributed by atoms with Gasteiger partial charge in [0.05, 0.1) is 18.1 Å². The average molecular weight is 311 g/mol. The molecule has 2 atom stereocenters. The summed E-state index contributed by atoms with van der Waals surface area (Å²) in [4.78, 5) is 0. The van der Waals surface area contributed by atoms with E-state index in [1.54, 1.807) is 0 Å². The number of hydrogen-bond donors (Lipinski definition) is 1. The lowest BCUT2D eigenvalue weighted by Crippen LogP contribution is -2.40. The van der Waals surface area contributed by atoms with Crippen LogP contribution < -0.4 is 5.32 Å². The van der Waals surface area contributed by atoms with Crippen molar-refractivity contribution >= 4 is 9.84 Å². The molecule has 1 aromatic rings. The van der Waals surface area contributed by atoms with Gasteiger partial charge in [-0.2, -0.15) is 0 Å². The van der Waals surface area contributed by atoms with Gasteiger partial charge in [0, 0.05) is 18.6 Å². The van der Waals surface area contributed by atoms with Crippen LogP contribution >= 0.6 is 0 Å². The number of benzene rings is 1. The Hall–Kier alpha value is -0.910. The van der Waals surface area contributed by atoms with Crippen LogP contribution in [0.3, 0.4) is 0 Å². The molecule has 2 unspecified atom stereocenters. The molecular formula is C16H25NO3S. The van der Waals surface area contributed by atoms with Gasteiger partial charge in [-0.25, -0.2) is 8.42 Å². The van der Waals surface area contributed by atoms with Crippen LogP contribution in [0.4, 0.5) is 0 Å². The van der Waals surface area contributed by atoms with Gasteiger partial charge in [-0.15, -0.1) is 0 Å². The molecule has 1 aliphatic rings. The van der Waals surface area contributed by atoms with Gasteiger partial charge in [-0.1, -0.05) is 29.3 Å². The van der Waals surface area contributed by atoms with E-state index in [0.29, 0.717) is 12.5 Å². The van der Waals surface area contributed by atoms with E-state index in [1.165, 1.54) is 0 Å². The van der Waals surface area contributed by atoms with E-state index >= 15 is 0 Å². The van der Waals surface area contributed by atoms with Crippen LogP contribution in [0.15, 0.2) is 18.2 Å². The van der Waals surface area contributed by atoms with Crippen molar-refractivity contribution in [2.45, 2.75) is 32.1 Å². The molecule has 4 nitrogen and oxygen atoms in total. The first-order valence-corrected chi connectivity index (χ1v) is 9.24. The van der Waals surface area contributed by atoms with Crippen LogP contribution in [0.25, 0.3) is 0 Å². The number of nitrogens with one attached hydrogen (secondary N) is 1. The van der Waals surface area contributed by atoms with Gasteiger partial charge in [0.25, 0.3) is 0 Å². The number of aryl methyl sites for hydroxylation is 2. The van der Waals surface area contributed by atoms with E-state index in [0.717, 1.165) is 29.7 Å². The van der Waals surface area contributed by atoms with E-state index in [-0.39, 0.29) is 17.5 Å². The summed E-state index contributed by atoms with van der Waals surface area (Å²) >= 11 is 0. The van der Waals surface area contributed by atoms with Crippen LogP contribution in [0, 0.1) is 19.8 Å². The topological polar surface area (TPSA) is 55.4 Å². The first-order valence-electron chi connectivity index (χ1n) is 7.42. The maximum Gasteiger partial charge on any atom is 0.155 e. The monoisotopic (exact) mass is 311 g/mol. The summed E-state index contributed by atoms with van der Waals surface area (Å²) in [5, 5.41) is 3.15. The van der Waals surface area contributed by atoms with Gasteiger partial charge in [-0.3, -0.25) is 0 Å². The molecule has 1 heterocycles. The highest BCUT2D eigenvalue weighted by Gasteiger charge is 2.28. The summed E-state index contributed by atoms with van der Waals surface area (Å²) < 4.78 is 30.3. The van der Waals surface area contributed by atoms with Gasteiger partial charge in [0.2, 0.25) is 0 Å². The maximum atomic E-state index is 12.5. The molecule has 1 aromatic carbocycles. The van der Waals surface area contributed by atoms with Crippen LogP contribution in [0.2, 0.25) is 0 Å². The molecule has 1 N–H and O–H groups in total. The number of ether oxygens (including phenoxy) is 1. The van der Waals surface area contributed by atoms with Gasteiger partial charge in [-0.05, 0) is 32.9 Å². The molecule has 21 heavy (non-hydrogen) atoms. The third-order valence-electron chi connectivity index (χ3n) is 4.01. The highest BCUT2D eigenvalue weighted by Crippen LogP contribution is 2.20. The number of rotatable bonds is 6. The standard InChI is InChI=1S/C16H25NO3S/c1-12-6-13(2)8-14(7-12)10-21(18,19)11-16(17-3)15-4-5-20-9-15/h6-8,15-17H,4-5,9-11H2,1-3H3. The van der Waals surface area contributed by atoms with Gasteiger partial charge in [0.15, 0.2) is 9.84 Å². The normalized spacial score (nSPS) is 20.6. The van der Waals surface area contributed by atoms with Crippen molar-refractivity contribution in [1.29, 1.82) is 0 Å². The summed E-state index contributed by atoms with van der Waals surface area (Å²) in [5.41, 5.74) is 3.09. The van der Waals surface area contributed by atoms with E-state index in [9.17, 15) is 8.42 Å². The van der Waals surface area contributed by atoms with Crippen molar-refractivity contribution in [2.75, 3.05) is 26.0 Å². The molecule has 0 bridgehead atoms. The lowest BCUT2D eigenvalue weighted by Gasteiger charge is -2.21. The predicted octanol–water partition coefficient (Wildman–Crippen LogP) is 1.84. The molecule has 1 saturated heterocycles. The van der Waals surface area contributed by atoms with Crippen LogP contribution in [0.5, 0.6) is 0 Å². The second kappa shape index (κ2) is 6.90. The Morgan fingerprint density at radius 2 is 1.95 bits per heavy atom. The van der Waals surface area contributed by atoms with Crippen molar-refractivity contribution in [2.24, 2.45) is 5.92 Å². The lowest BCUT2D eigenvalue weighted by molar-refractivity contribution is 0.179. The Kier molecular flexibility index (Phi) is 5.41. The minimum Gasteiger partial charge on any atom is -0.381 e. The number of hydrogen-bond acceptors (Lipinski definition) is 4. The van der Waals surface area contributed by atoms with E-state index in [2.05, 4.69) is 11.4 Å². The summed E-state index contributed by atoms with van der Waals surface area (Å²) in [6.07, 6.45) is 0.935. The fourth-order valence-corrected chi connectivity index (χ4v) is 4.84. The van der Waals surface area contributed by atoms with Crippen molar-refractivity contribution < 1.29 is 13.2 Å². The molecule has 0 amide bonds. The zero-order valence-electron chi connectivity index (χ0n) is 13.1. The molecule has 0 aliphatic carbocycles. The first-order chi connectivity index (χ1) is 9.89. The molecule has 2 rings (SSSR count). The average Bonchev–Trinajstić information content (AvgIpc) is 2.87. The van der Waals surface area contributed by atoms with Gasteiger partial charge < -0.3 is 10.1 Å². The second-order valence-corrected chi connectivity index (χ2v) is 8.18.